The first-order chi connectivity index (χ1) is 8.69. The van der Waals surface area contributed by atoms with Crippen molar-refractivity contribution >= 4 is 5.69 Å². The van der Waals surface area contributed by atoms with Crippen LogP contribution in [0.4, 0.5) is 14.5 Å². The van der Waals surface area contributed by atoms with Gasteiger partial charge < -0.3 is 5.32 Å². The van der Waals surface area contributed by atoms with E-state index in [1.165, 1.54) is 24.3 Å². The Morgan fingerprint density at radius 3 is 2.28 bits per heavy atom. The van der Waals surface area contributed by atoms with Crippen molar-refractivity contribution in [3.8, 4) is 0 Å². The van der Waals surface area contributed by atoms with Crippen LogP contribution in [0.1, 0.15) is 24.9 Å². The second kappa shape index (κ2) is 5.63. The SMILES string of the molecule is CCC(Nc1cccc(F)c1)c1cccc(F)c1. The average Bonchev–Trinajstić information content (AvgIpc) is 2.36. The highest BCUT2D eigenvalue weighted by Crippen LogP contribution is 2.23. The number of hydrogen-bond donors (Lipinski definition) is 1. The van der Waals surface area contributed by atoms with Crippen molar-refractivity contribution < 1.29 is 8.78 Å². The van der Waals surface area contributed by atoms with Crippen LogP contribution in [-0.2, 0) is 0 Å². The largest absolute Gasteiger partial charge is 0.378 e. The van der Waals surface area contributed by atoms with Crippen LogP contribution in [0.15, 0.2) is 48.5 Å². The summed E-state index contributed by atoms with van der Waals surface area (Å²) in [5.74, 6) is -0.541. The van der Waals surface area contributed by atoms with Gasteiger partial charge in [-0.05, 0) is 42.3 Å². The minimum Gasteiger partial charge on any atom is -0.378 e. The molecule has 2 aromatic carbocycles. The third kappa shape index (κ3) is 3.06. The van der Waals surface area contributed by atoms with E-state index in [1.54, 1.807) is 18.2 Å². The summed E-state index contributed by atoms with van der Waals surface area (Å²) in [7, 11) is 0. The Bertz CT molecular complexity index is 525. The molecule has 1 atom stereocenters. The molecule has 0 aliphatic heterocycles. The molecule has 1 N–H and O–H groups in total. The molecule has 2 aromatic rings. The fraction of sp³-hybridized carbons (Fsp3) is 0.200. The van der Waals surface area contributed by atoms with Crippen molar-refractivity contribution in [2.75, 3.05) is 5.32 Å². The van der Waals surface area contributed by atoms with Gasteiger partial charge in [0.2, 0.25) is 0 Å². The fourth-order valence-electron chi connectivity index (χ4n) is 1.92. The van der Waals surface area contributed by atoms with Gasteiger partial charge in [0, 0.05) is 5.69 Å². The quantitative estimate of drug-likeness (QED) is 0.837. The molecule has 0 heterocycles. The zero-order chi connectivity index (χ0) is 13.0. The molecule has 1 unspecified atom stereocenters. The molecule has 0 radical (unpaired) electrons. The highest BCUT2D eigenvalue weighted by atomic mass is 19.1. The molecule has 0 aromatic heterocycles. The molecular formula is C15H15F2N. The lowest BCUT2D eigenvalue weighted by Gasteiger charge is -2.18. The highest BCUT2D eigenvalue weighted by Gasteiger charge is 2.09. The van der Waals surface area contributed by atoms with Gasteiger partial charge in [-0.2, -0.15) is 0 Å². The molecule has 1 nitrogen and oxygen atoms in total. The number of hydrogen-bond acceptors (Lipinski definition) is 1. The maximum atomic E-state index is 13.2. The Kier molecular flexibility index (Phi) is 3.92. The van der Waals surface area contributed by atoms with Gasteiger partial charge in [-0.1, -0.05) is 25.1 Å². The van der Waals surface area contributed by atoms with Gasteiger partial charge in [-0.25, -0.2) is 8.78 Å². The van der Waals surface area contributed by atoms with Gasteiger partial charge in [-0.3, -0.25) is 0 Å². The lowest BCUT2D eigenvalue weighted by molar-refractivity contribution is 0.619. The van der Waals surface area contributed by atoms with Crippen LogP contribution < -0.4 is 5.32 Å². The van der Waals surface area contributed by atoms with Crippen molar-refractivity contribution in [3.63, 3.8) is 0 Å². The molecule has 94 valence electrons. The second-order valence-electron chi connectivity index (χ2n) is 4.17. The first-order valence-corrected chi connectivity index (χ1v) is 5.96. The molecular weight excluding hydrogens is 232 g/mol. The summed E-state index contributed by atoms with van der Waals surface area (Å²) in [6, 6.07) is 12.7. The van der Waals surface area contributed by atoms with Gasteiger partial charge in [0.15, 0.2) is 0 Å². The van der Waals surface area contributed by atoms with E-state index in [0.29, 0.717) is 5.69 Å². The molecule has 0 saturated carbocycles. The molecule has 18 heavy (non-hydrogen) atoms. The summed E-state index contributed by atoms with van der Waals surface area (Å²) in [6.07, 6.45) is 0.792. The second-order valence-corrected chi connectivity index (χ2v) is 4.17. The van der Waals surface area contributed by atoms with E-state index < -0.39 is 0 Å². The van der Waals surface area contributed by atoms with E-state index in [-0.39, 0.29) is 17.7 Å². The van der Waals surface area contributed by atoms with Crippen LogP contribution in [0.25, 0.3) is 0 Å². The Labute approximate surface area is 105 Å². The summed E-state index contributed by atoms with van der Waals surface area (Å²) >= 11 is 0. The van der Waals surface area contributed by atoms with Crippen molar-refractivity contribution in [2.45, 2.75) is 19.4 Å². The molecule has 0 amide bonds. The van der Waals surface area contributed by atoms with Crippen LogP contribution in [0.2, 0.25) is 0 Å². The Hall–Kier alpha value is -1.90. The van der Waals surface area contributed by atoms with Gasteiger partial charge in [0.1, 0.15) is 11.6 Å². The van der Waals surface area contributed by atoms with Gasteiger partial charge in [0.25, 0.3) is 0 Å². The lowest BCUT2D eigenvalue weighted by atomic mass is 10.0. The van der Waals surface area contributed by atoms with Gasteiger partial charge >= 0.3 is 0 Å². The van der Waals surface area contributed by atoms with Crippen molar-refractivity contribution in [1.29, 1.82) is 0 Å². The Morgan fingerprint density at radius 2 is 1.67 bits per heavy atom. The summed E-state index contributed by atoms with van der Waals surface area (Å²) in [5.41, 5.74) is 1.56. The lowest BCUT2D eigenvalue weighted by Crippen LogP contribution is -2.09. The van der Waals surface area contributed by atoms with Crippen LogP contribution >= 0.6 is 0 Å². The average molecular weight is 247 g/mol. The monoisotopic (exact) mass is 247 g/mol. The Balaban J connectivity index is 2.19. The zero-order valence-electron chi connectivity index (χ0n) is 10.2. The van der Waals surface area contributed by atoms with Crippen LogP contribution in [0.3, 0.4) is 0 Å². The zero-order valence-corrected chi connectivity index (χ0v) is 10.2. The normalized spacial score (nSPS) is 12.2. The molecule has 0 fully saturated rings. The number of halogens is 2. The predicted molar refractivity (Wildman–Crippen MR) is 69.5 cm³/mol. The first-order valence-electron chi connectivity index (χ1n) is 5.96. The van der Waals surface area contributed by atoms with E-state index in [4.69, 9.17) is 0 Å². The Morgan fingerprint density at radius 1 is 1.00 bits per heavy atom. The number of nitrogens with one attached hydrogen (secondary N) is 1. The molecule has 0 saturated heterocycles. The van der Waals surface area contributed by atoms with Crippen LogP contribution in [0, 0.1) is 11.6 Å². The third-order valence-corrected chi connectivity index (χ3v) is 2.82. The molecule has 0 bridgehead atoms. The highest BCUT2D eigenvalue weighted by molar-refractivity contribution is 5.45. The van der Waals surface area contributed by atoms with E-state index in [2.05, 4.69) is 5.32 Å². The van der Waals surface area contributed by atoms with Crippen molar-refractivity contribution in [2.24, 2.45) is 0 Å². The molecule has 0 aliphatic rings. The molecule has 0 aliphatic carbocycles. The number of benzene rings is 2. The van der Waals surface area contributed by atoms with Gasteiger partial charge in [0.05, 0.1) is 6.04 Å². The topological polar surface area (TPSA) is 12.0 Å². The van der Waals surface area contributed by atoms with Gasteiger partial charge in [-0.15, -0.1) is 0 Å². The first kappa shape index (κ1) is 12.6. The molecule has 2 rings (SSSR count). The van der Waals surface area contributed by atoms with E-state index in [1.807, 2.05) is 13.0 Å². The van der Waals surface area contributed by atoms with E-state index >= 15 is 0 Å². The maximum Gasteiger partial charge on any atom is 0.125 e. The number of rotatable bonds is 4. The third-order valence-electron chi connectivity index (χ3n) is 2.82. The number of anilines is 1. The van der Waals surface area contributed by atoms with Crippen LogP contribution in [0.5, 0.6) is 0 Å². The minimum atomic E-state index is -0.283. The van der Waals surface area contributed by atoms with E-state index in [9.17, 15) is 8.78 Å². The predicted octanol–water partition coefficient (Wildman–Crippen LogP) is 4.53. The van der Waals surface area contributed by atoms with Crippen molar-refractivity contribution in [1.82, 2.24) is 0 Å². The summed E-state index contributed by atoms with van der Waals surface area (Å²) in [5, 5.41) is 3.21. The molecule has 3 heteroatoms. The molecule has 0 spiro atoms. The smallest absolute Gasteiger partial charge is 0.125 e. The summed E-state index contributed by atoms with van der Waals surface area (Å²) < 4.78 is 26.3. The summed E-state index contributed by atoms with van der Waals surface area (Å²) in [6.45, 7) is 2.00. The van der Waals surface area contributed by atoms with E-state index in [0.717, 1.165) is 12.0 Å². The minimum absolute atomic E-state index is 0.0255. The summed E-state index contributed by atoms with van der Waals surface area (Å²) in [4.78, 5) is 0. The van der Waals surface area contributed by atoms with Crippen LogP contribution in [-0.4, -0.2) is 0 Å². The van der Waals surface area contributed by atoms with Crippen molar-refractivity contribution in [3.05, 3.63) is 65.7 Å². The fourth-order valence-corrected chi connectivity index (χ4v) is 1.92. The maximum absolute atomic E-state index is 13.2. The standard InChI is InChI=1S/C15H15F2N/c1-2-15(11-5-3-6-12(16)9-11)18-14-8-4-7-13(17)10-14/h3-10,15,18H,2H2,1H3.